The summed E-state index contributed by atoms with van der Waals surface area (Å²) < 4.78 is 0. The third kappa shape index (κ3) is 10.3. The van der Waals surface area contributed by atoms with E-state index >= 15 is 0 Å². The first-order valence-electron chi connectivity index (χ1n) is 10.7. The van der Waals surface area contributed by atoms with Crippen LogP contribution in [0.3, 0.4) is 0 Å². The maximum absolute atomic E-state index is 5.93. The van der Waals surface area contributed by atoms with E-state index in [0.29, 0.717) is 11.8 Å². The molecule has 0 aliphatic rings. The van der Waals surface area contributed by atoms with Crippen LogP contribution in [-0.4, -0.2) is 72.1 Å². The van der Waals surface area contributed by atoms with E-state index in [0.717, 1.165) is 71.0 Å². The molecular formula is C20H41N7. The monoisotopic (exact) mass is 379 g/mol. The van der Waals surface area contributed by atoms with E-state index in [2.05, 4.69) is 58.1 Å². The summed E-state index contributed by atoms with van der Waals surface area (Å²) in [4.78, 5) is 13.7. The van der Waals surface area contributed by atoms with Crippen molar-refractivity contribution in [1.29, 1.82) is 0 Å². The van der Waals surface area contributed by atoms with Crippen molar-refractivity contribution < 1.29 is 0 Å². The summed E-state index contributed by atoms with van der Waals surface area (Å²) in [6.07, 6.45) is 4.58. The molecule has 0 saturated carbocycles. The lowest BCUT2D eigenvalue weighted by molar-refractivity contribution is 0.298. The number of aromatic nitrogens is 2. The molecule has 0 spiro atoms. The normalized spacial score (nSPS) is 11.3. The molecule has 1 rings (SSSR count). The Labute approximate surface area is 166 Å². The van der Waals surface area contributed by atoms with Gasteiger partial charge >= 0.3 is 0 Å². The lowest BCUT2D eigenvalue weighted by Gasteiger charge is -2.18. The molecular weight excluding hydrogens is 338 g/mol. The number of nitrogens with two attached hydrogens (primary N) is 1. The van der Waals surface area contributed by atoms with Crippen molar-refractivity contribution >= 4 is 17.6 Å². The first-order valence-corrected chi connectivity index (χ1v) is 10.7. The van der Waals surface area contributed by atoms with Crippen molar-refractivity contribution in [2.24, 2.45) is 0 Å². The Morgan fingerprint density at radius 3 is 1.81 bits per heavy atom. The molecule has 0 amide bonds. The van der Waals surface area contributed by atoms with Crippen molar-refractivity contribution in [1.82, 2.24) is 19.8 Å². The van der Waals surface area contributed by atoms with Crippen LogP contribution < -0.4 is 16.4 Å². The zero-order valence-electron chi connectivity index (χ0n) is 17.9. The summed E-state index contributed by atoms with van der Waals surface area (Å²) in [5.74, 6) is 1.92. The summed E-state index contributed by atoms with van der Waals surface area (Å²) in [5.41, 5.74) is 5.93. The molecule has 7 heteroatoms. The van der Waals surface area contributed by atoms with Crippen LogP contribution in [0.1, 0.15) is 53.4 Å². The number of hydrogen-bond donors (Lipinski definition) is 3. The highest BCUT2D eigenvalue weighted by molar-refractivity contribution is 5.49. The number of anilines is 3. The van der Waals surface area contributed by atoms with E-state index in [1.165, 1.54) is 12.8 Å². The van der Waals surface area contributed by atoms with Gasteiger partial charge in [-0.1, -0.05) is 27.7 Å². The maximum Gasteiger partial charge on any atom is 0.226 e. The zero-order valence-corrected chi connectivity index (χ0v) is 17.9. The standard InChI is InChI=1S/C20H41N7/c1-5-26(6-2)15-11-9-13-22-19-17-18(21)24-20(25-19)23-14-10-12-16-27(7-3)8-4/h17H,5-16H2,1-4H3,(H4,21,22,23,24,25). The van der Waals surface area contributed by atoms with Crippen LogP contribution in [0, 0.1) is 0 Å². The average molecular weight is 380 g/mol. The van der Waals surface area contributed by atoms with Crippen LogP contribution in [0.15, 0.2) is 6.07 Å². The van der Waals surface area contributed by atoms with Gasteiger partial charge in [0.25, 0.3) is 0 Å². The second-order valence-corrected chi connectivity index (χ2v) is 6.82. The van der Waals surface area contributed by atoms with E-state index in [1.807, 2.05) is 0 Å². The van der Waals surface area contributed by atoms with E-state index < -0.39 is 0 Å². The minimum atomic E-state index is 0.501. The maximum atomic E-state index is 5.93. The minimum Gasteiger partial charge on any atom is -0.383 e. The molecule has 1 aromatic heterocycles. The van der Waals surface area contributed by atoms with Crippen LogP contribution in [0.4, 0.5) is 17.6 Å². The summed E-state index contributed by atoms with van der Waals surface area (Å²) in [5, 5.41) is 6.67. The van der Waals surface area contributed by atoms with Gasteiger partial charge in [0.15, 0.2) is 0 Å². The predicted molar refractivity (Wildman–Crippen MR) is 117 cm³/mol. The van der Waals surface area contributed by atoms with Gasteiger partial charge in [-0.15, -0.1) is 0 Å². The van der Waals surface area contributed by atoms with Crippen molar-refractivity contribution in [3.63, 3.8) is 0 Å². The van der Waals surface area contributed by atoms with E-state index in [1.54, 1.807) is 6.07 Å². The number of hydrogen-bond acceptors (Lipinski definition) is 7. The Hall–Kier alpha value is -1.60. The largest absolute Gasteiger partial charge is 0.383 e. The van der Waals surface area contributed by atoms with Crippen LogP contribution in [0.25, 0.3) is 0 Å². The summed E-state index contributed by atoms with van der Waals surface area (Å²) in [6, 6.07) is 1.80. The quantitative estimate of drug-likeness (QED) is 0.381. The smallest absolute Gasteiger partial charge is 0.226 e. The van der Waals surface area contributed by atoms with Gasteiger partial charge in [-0.25, -0.2) is 0 Å². The van der Waals surface area contributed by atoms with E-state index in [-0.39, 0.29) is 0 Å². The highest BCUT2D eigenvalue weighted by atomic mass is 15.2. The van der Waals surface area contributed by atoms with Gasteiger partial charge in [-0.05, 0) is 65.0 Å². The van der Waals surface area contributed by atoms with Crippen LogP contribution >= 0.6 is 0 Å². The molecule has 4 N–H and O–H groups in total. The van der Waals surface area contributed by atoms with E-state index in [4.69, 9.17) is 5.73 Å². The number of nitrogens with zero attached hydrogens (tertiary/aromatic N) is 4. The highest BCUT2D eigenvalue weighted by Gasteiger charge is 2.04. The third-order valence-electron chi connectivity index (χ3n) is 4.93. The van der Waals surface area contributed by atoms with Crippen LogP contribution in [-0.2, 0) is 0 Å². The number of rotatable bonds is 16. The lowest BCUT2D eigenvalue weighted by atomic mass is 10.3. The Kier molecular flexibility index (Phi) is 12.6. The van der Waals surface area contributed by atoms with Crippen molar-refractivity contribution in [3.05, 3.63) is 6.07 Å². The first kappa shape index (κ1) is 23.4. The van der Waals surface area contributed by atoms with E-state index in [9.17, 15) is 0 Å². The molecule has 0 unspecified atom stereocenters. The second kappa shape index (κ2) is 14.5. The Balaban J connectivity index is 2.28. The average Bonchev–Trinajstić information content (AvgIpc) is 2.67. The lowest BCUT2D eigenvalue weighted by Crippen LogP contribution is -2.24. The molecule has 0 aliphatic heterocycles. The molecule has 156 valence electrons. The Morgan fingerprint density at radius 2 is 1.30 bits per heavy atom. The number of unbranched alkanes of at least 4 members (excludes halogenated alkanes) is 2. The molecule has 0 bridgehead atoms. The minimum absolute atomic E-state index is 0.501. The van der Waals surface area contributed by atoms with Crippen molar-refractivity contribution in [3.8, 4) is 0 Å². The predicted octanol–water partition coefficient (Wildman–Crippen LogP) is 3.13. The van der Waals surface area contributed by atoms with Crippen LogP contribution in [0.5, 0.6) is 0 Å². The molecule has 0 radical (unpaired) electrons. The van der Waals surface area contributed by atoms with Gasteiger partial charge in [-0.3, -0.25) is 0 Å². The summed E-state index contributed by atoms with van der Waals surface area (Å²) >= 11 is 0. The van der Waals surface area contributed by atoms with Crippen molar-refractivity contribution in [2.75, 3.05) is 68.7 Å². The van der Waals surface area contributed by atoms with Gasteiger partial charge in [0.1, 0.15) is 11.6 Å². The van der Waals surface area contributed by atoms with Gasteiger partial charge < -0.3 is 26.2 Å². The summed E-state index contributed by atoms with van der Waals surface area (Å²) in [7, 11) is 0. The molecule has 0 atom stereocenters. The Morgan fingerprint density at radius 1 is 0.778 bits per heavy atom. The Bertz CT molecular complexity index is 447. The number of nitrogen functional groups attached to an aromatic ring is 1. The molecule has 0 aromatic carbocycles. The highest BCUT2D eigenvalue weighted by Crippen LogP contribution is 2.12. The molecule has 1 aromatic rings. The zero-order chi connectivity index (χ0) is 19.9. The molecule has 27 heavy (non-hydrogen) atoms. The first-order chi connectivity index (χ1) is 13.1. The fourth-order valence-corrected chi connectivity index (χ4v) is 3.05. The summed E-state index contributed by atoms with van der Waals surface area (Å²) in [6.45, 7) is 17.4. The molecule has 0 fully saturated rings. The molecule has 0 aliphatic carbocycles. The van der Waals surface area contributed by atoms with Gasteiger partial charge in [0.05, 0.1) is 0 Å². The fraction of sp³-hybridized carbons (Fsp3) is 0.800. The van der Waals surface area contributed by atoms with Gasteiger partial charge in [0.2, 0.25) is 5.95 Å². The van der Waals surface area contributed by atoms with Crippen LogP contribution in [0.2, 0.25) is 0 Å². The topological polar surface area (TPSA) is 82.3 Å². The molecule has 1 heterocycles. The molecule has 0 saturated heterocycles. The molecule has 7 nitrogen and oxygen atoms in total. The fourth-order valence-electron chi connectivity index (χ4n) is 3.05. The van der Waals surface area contributed by atoms with Gasteiger partial charge in [-0.2, -0.15) is 9.97 Å². The van der Waals surface area contributed by atoms with Gasteiger partial charge in [0, 0.05) is 19.2 Å². The van der Waals surface area contributed by atoms with Crippen molar-refractivity contribution in [2.45, 2.75) is 53.4 Å². The third-order valence-corrected chi connectivity index (χ3v) is 4.93. The second-order valence-electron chi connectivity index (χ2n) is 6.82. The SMILES string of the molecule is CCN(CC)CCCCNc1cc(N)nc(NCCCCN(CC)CC)n1. The number of nitrogens with one attached hydrogen (secondary N) is 2.